The number of nitrogens with one attached hydrogen (secondary N) is 1. The Balaban J connectivity index is 1.61. The number of aromatic nitrogens is 3. The second-order valence-electron chi connectivity index (χ2n) is 6.49. The number of unbranched alkanes of at least 4 members (excludes halogenated alkanes) is 1. The normalized spacial score (nSPS) is 20.3. The Hall–Kier alpha value is -2.83. The lowest BCUT2D eigenvalue weighted by Gasteiger charge is -2.19. The zero-order valence-electron chi connectivity index (χ0n) is 13.9. The van der Waals surface area contributed by atoms with E-state index in [0.29, 0.717) is 30.8 Å². The third-order valence-corrected chi connectivity index (χ3v) is 4.88. The van der Waals surface area contributed by atoms with E-state index in [2.05, 4.69) is 20.3 Å². The summed E-state index contributed by atoms with van der Waals surface area (Å²) in [5.41, 5.74) is 2.23. The van der Waals surface area contributed by atoms with Gasteiger partial charge in [-0.1, -0.05) is 13.3 Å². The van der Waals surface area contributed by atoms with Crippen LogP contribution < -0.4 is 5.32 Å². The van der Waals surface area contributed by atoms with Crippen LogP contribution in [0, 0.1) is 0 Å². The second kappa shape index (κ2) is 5.91. The molecule has 7 nitrogen and oxygen atoms in total. The quantitative estimate of drug-likeness (QED) is 0.675. The van der Waals surface area contributed by atoms with Crippen LogP contribution in [0.25, 0.3) is 0 Å². The average molecular weight is 338 g/mol. The zero-order valence-corrected chi connectivity index (χ0v) is 13.9. The molecule has 4 rings (SSSR count). The van der Waals surface area contributed by atoms with Gasteiger partial charge in [-0.15, -0.1) is 0 Å². The molecule has 0 unspecified atom stereocenters. The lowest BCUT2D eigenvalue weighted by atomic mass is 9.80. The third-order valence-electron chi connectivity index (χ3n) is 4.88. The second-order valence-corrected chi connectivity index (χ2v) is 6.49. The lowest BCUT2D eigenvalue weighted by Crippen LogP contribution is -2.35. The molecule has 0 radical (unpaired) electrons. The summed E-state index contributed by atoms with van der Waals surface area (Å²) in [6, 6.07) is 1.79. The van der Waals surface area contributed by atoms with E-state index < -0.39 is 5.41 Å². The Morgan fingerprint density at radius 1 is 1.32 bits per heavy atom. The number of nitrogens with zero attached hydrogens (tertiary/aromatic N) is 3. The van der Waals surface area contributed by atoms with E-state index in [4.69, 9.17) is 4.74 Å². The molecule has 0 aromatic carbocycles. The number of ether oxygens (including phenoxy) is 1. The van der Waals surface area contributed by atoms with E-state index in [-0.39, 0.29) is 11.9 Å². The first-order valence-corrected chi connectivity index (χ1v) is 8.41. The fourth-order valence-electron chi connectivity index (χ4n) is 3.51. The molecule has 128 valence electrons. The molecule has 1 atom stereocenters. The van der Waals surface area contributed by atoms with Crippen molar-refractivity contribution in [2.45, 2.75) is 38.0 Å². The van der Waals surface area contributed by atoms with Gasteiger partial charge in [0.2, 0.25) is 5.91 Å². The highest BCUT2D eigenvalue weighted by Gasteiger charge is 2.52. The summed E-state index contributed by atoms with van der Waals surface area (Å²) in [7, 11) is 0. The maximum Gasteiger partial charge on any atom is 0.339 e. The van der Waals surface area contributed by atoms with E-state index in [1.54, 1.807) is 12.3 Å². The smallest absolute Gasteiger partial charge is 0.339 e. The number of rotatable bonds is 4. The van der Waals surface area contributed by atoms with E-state index in [9.17, 15) is 9.59 Å². The first-order chi connectivity index (χ1) is 12.1. The molecule has 7 heteroatoms. The fraction of sp³-hybridized carbons (Fsp3) is 0.389. The van der Waals surface area contributed by atoms with Gasteiger partial charge in [-0.05, 0) is 24.5 Å². The molecule has 1 amide bonds. The summed E-state index contributed by atoms with van der Waals surface area (Å²) in [6.07, 6.45) is 7.41. The van der Waals surface area contributed by atoms with Crippen LogP contribution in [0.2, 0.25) is 0 Å². The Bertz CT molecular complexity index is 867. The molecule has 2 aromatic rings. The van der Waals surface area contributed by atoms with Gasteiger partial charge >= 0.3 is 5.97 Å². The largest absolute Gasteiger partial charge is 0.462 e. The van der Waals surface area contributed by atoms with Crippen LogP contribution >= 0.6 is 0 Å². The summed E-state index contributed by atoms with van der Waals surface area (Å²) >= 11 is 0. The van der Waals surface area contributed by atoms with Crippen LogP contribution in [0.15, 0.2) is 24.8 Å². The first kappa shape index (κ1) is 15.7. The molecule has 2 aliphatic rings. The molecular weight excluding hydrogens is 320 g/mol. The van der Waals surface area contributed by atoms with E-state index >= 15 is 0 Å². The number of fused-ring (bicyclic) bond motifs is 3. The van der Waals surface area contributed by atoms with E-state index in [0.717, 1.165) is 29.7 Å². The van der Waals surface area contributed by atoms with Crippen molar-refractivity contribution in [3.63, 3.8) is 0 Å². The molecule has 0 saturated carbocycles. The van der Waals surface area contributed by atoms with Crippen LogP contribution in [-0.4, -0.2) is 33.4 Å². The van der Waals surface area contributed by atoms with Gasteiger partial charge in [-0.2, -0.15) is 0 Å². The van der Waals surface area contributed by atoms with Gasteiger partial charge < -0.3 is 10.1 Å². The van der Waals surface area contributed by atoms with Gasteiger partial charge in [-0.3, -0.25) is 9.78 Å². The van der Waals surface area contributed by atoms with Crippen molar-refractivity contribution >= 4 is 17.7 Å². The Morgan fingerprint density at radius 2 is 2.20 bits per heavy atom. The van der Waals surface area contributed by atoms with Crippen molar-refractivity contribution in [2.75, 3.05) is 11.9 Å². The third kappa shape index (κ3) is 2.47. The predicted molar refractivity (Wildman–Crippen MR) is 89.2 cm³/mol. The van der Waals surface area contributed by atoms with Gasteiger partial charge in [0.15, 0.2) is 0 Å². The van der Waals surface area contributed by atoms with Crippen LogP contribution in [0.3, 0.4) is 0 Å². The predicted octanol–water partition coefficient (Wildman–Crippen LogP) is 1.82. The Labute approximate surface area is 144 Å². The lowest BCUT2D eigenvalue weighted by molar-refractivity contribution is -0.120. The average Bonchev–Trinajstić information content (AvgIpc) is 3.13. The number of hydrogen-bond acceptors (Lipinski definition) is 6. The van der Waals surface area contributed by atoms with Gasteiger partial charge in [0, 0.05) is 30.1 Å². The van der Waals surface area contributed by atoms with Gasteiger partial charge in [0.05, 0.1) is 17.6 Å². The summed E-state index contributed by atoms with van der Waals surface area (Å²) in [5, 5.41) is 2.83. The molecule has 1 aliphatic carbocycles. The van der Waals surface area contributed by atoms with Crippen molar-refractivity contribution in [1.82, 2.24) is 15.0 Å². The Morgan fingerprint density at radius 3 is 3.04 bits per heavy atom. The summed E-state index contributed by atoms with van der Waals surface area (Å²) < 4.78 is 5.24. The molecular formula is C18H18N4O3. The van der Waals surface area contributed by atoms with Crippen molar-refractivity contribution in [1.29, 1.82) is 0 Å². The minimum absolute atomic E-state index is 0.0897. The van der Waals surface area contributed by atoms with Crippen molar-refractivity contribution < 1.29 is 14.3 Å². The van der Waals surface area contributed by atoms with Crippen LogP contribution in [0.1, 0.15) is 46.9 Å². The number of carbonyl (C=O) groups is 2. The maximum absolute atomic E-state index is 12.6. The number of anilines is 1. The zero-order chi connectivity index (χ0) is 17.4. The standard InChI is InChI=1S/C18H18N4O3/c1-2-3-4-25-16(23)12-5-11-6-18(7-14(11)20-8-12)13-9-19-10-21-15(13)22-17(18)24/h5,8-10H,2-4,6-7H2,1H3,(H,19,21,22,24)/t18-/m0/s1. The highest BCUT2D eigenvalue weighted by atomic mass is 16.5. The monoisotopic (exact) mass is 338 g/mol. The van der Waals surface area contributed by atoms with Gasteiger partial charge in [0.1, 0.15) is 12.1 Å². The summed E-state index contributed by atoms with van der Waals surface area (Å²) in [5.74, 6) is 0.101. The molecule has 1 aliphatic heterocycles. The highest BCUT2D eigenvalue weighted by molar-refractivity contribution is 6.06. The molecule has 3 heterocycles. The number of amides is 1. The first-order valence-electron chi connectivity index (χ1n) is 8.41. The maximum atomic E-state index is 12.6. The van der Waals surface area contributed by atoms with Crippen LogP contribution in [-0.2, 0) is 27.8 Å². The molecule has 0 saturated heterocycles. The number of hydrogen-bond donors (Lipinski definition) is 1. The van der Waals surface area contributed by atoms with Crippen LogP contribution in [0.4, 0.5) is 5.82 Å². The minimum atomic E-state index is -0.726. The number of pyridine rings is 1. The van der Waals surface area contributed by atoms with Gasteiger partial charge in [-0.25, -0.2) is 14.8 Å². The molecule has 1 N–H and O–H groups in total. The SMILES string of the molecule is CCCCOC(=O)c1cnc2c(c1)C[C@@]1(C2)C(=O)Nc2ncncc21. The van der Waals surface area contributed by atoms with Crippen molar-refractivity contribution in [3.8, 4) is 0 Å². The molecule has 0 fully saturated rings. The fourth-order valence-corrected chi connectivity index (χ4v) is 3.51. The minimum Gasteiger partial charge on any atom is -0.462 e. The van der Waals surface area contributed by atoms with Crippen LogP contribution in [0.5, 0.6) is 0 Å². The molecule has 0 bridgehead atoms. The molecule has 2 aromatic heterocycles. The van der Waals surface area contributed by atoms with E-state index in [1.165, 1.54) is 12.5 Å². The highest BCUT2D eigenvalue weighted by Crippen LogP contribution is 2.45. The summed E-state index contributed by atoms with van der Waals surface area (Å²) in [4.78, 5) is 37.4. The van der Waals surface area contributed by atoms with Crippen molar-refractivity contribution in [2.24, 2.45) is 0 Å². The van der Waals surface area contributed by atoms with E-state index in [1.807, 2.05) is 6.92 Å². The summed E-state index contributed by atoms with van der Waals surface area (Å²) in [6.45, 7) is 2.45. The number of carbonyl (C=O) groups excluding carboxylic acids is 2. The van der Waals surface area contributed by atoms with Gasteiger partial charge in [0.25, 0.3) is 0 Å². The van der Waals surface area contributed by atoms with Crippen molar-refractivity contribution in [3.05, 3.63) is 47.2 Å². The number of esters is 1. The Kier molecular flexibility index (Phi) is 3.71. The molecule has 1 spiro atoms. The molecule has 25 heavy (non-hydrogen) atoms. The topological polar surface area (TPSA) is 94.1 Å².